The highest BCUT2D eigenvalue weighted by Gasteiger charge is 2.26. The molecule has 1 amide bonds. The van der Waals surface area contributed by atoms with Crippen LogP contribution in [0.2, 0.25) is 0 Å². The maximum absolute atomic E-state index is 11.6. The van der Waals surface area contributed by atoms with Crippen LogP contribution in [0.25, 0.3) is 0 Å². The van der Waals surface area contributed by atoms with Crippen molar-refractivity contribution >= 4 is 22.4 Å². The van der Waals surface area contributed by atoms with E-state index >= 15 is 0 Å². The van der Waals surface area contributed by atoms with Crippen LogP contribution in [0.15, 0.2) is 5.38 Å². The summed E-state index contributed by atoms with van der Waals surface area (Å²) in [5.74, 6) is 0.722. The van der Waals surface area contributed by atoms with E-state index in [0.717, 1.165) is 30.1 Å². The van der Waals surface area contributed by atoms with Gasteiger partial charge in [-0.2, -0.15) is 0 Å². The van der Waals surface area contributed by atoms with Crippen LogP contribution in [0.1, 0.15) is 50.1 Å². The first-order chi connectivity index (χ1) is 8.29. The second-order valence-electron chi connectivity index (χ2n) is 4.50. The zero-order chi connectivity index (χ0) is 12.1. The number of carbonyl (C=O) groups excluding carboxylic acids is 1. The van der Waals surface area contributed by atoms with Gasteiger partial charge in [-0.15, -0.1) is 11.3 Å². The predicted octanol–water partition coefficient (Wildman–Crippen LogP) is 2.48. The molecule has 1 aliphatic carbocycles. The van der Waals surface area contributed by atoms with Gasteiger partial charge < -0.3 is 11.1 Å². The van der Waals surface area contributed by atoms with E-state index in [-0.39, 0.29) is 5.91 Å². The van der Waals surface area contributed by atoms with Gasteiger partial charge in [-0.1, -0.05) is 6.42 Å². The molecule has 1 fully saturated rings. The van der Waals surface area contributed by atoms with Crippen molar-refractivity contribution < 1.29 is 4.79 Å². The molecular formula is C12H19N3OS. The van der Waals surface area contributed by atoms with Gasteiger partial charge in [0.1, 0.15) is 0 Å². The lowest BCUT2D eigenvalue weighted by Crippen LogP contribution is -2.11. The monoisotopic (exact) mass is 253 g/mol. The minimum absolute atomic E-state index is 0.0683. The van der Waals surface area contributed by atoms with Gasteiger partial charge in [0, 0.05) is 17.7 Å². The maximum atomic E-state index is 11.6. The molecule has 0 bridgehead atoms. The van der Waals surface area contributed by atoms with E-state index < -0.39 is 0 Å². The van der Waals surface area contributed by atoms with Crippen LogP contribution in [0.5, 0.6) is 0 Å². The Labute approximate surface area is 106 Å². The van der Waals surface area contributed by atoms with Crippen molar-refractivity contribution in [2.45, 2.75) is 44.4 Å². The Kier molecular flexibility index (Phi) is 4.50. The molecule has 94 valence electrons. The molecule has 5 heteroatoms. The SMILES string of the molecule is NCCCCCC(=O)Nc1nc(C2CC2)cs1. The Bertz CT molecular complexity index is 374. The Morgan fingerprint density at radius 3 is 3.00 bits per heavy atom. The average molecular weight is 253 g/mol. The zero-order valence-corrected chi connectivity index (χ0v) is 10.8. The average Bonchev–Trinajstić information content (AvgIpc) is 3.07. The number of amides is 1. The summed E-state index contributed by atoms with van der Waals surface area (Å²) in [6.07, 6.45) is 5.99. The Morgan fingerprint density at radius 2 is 2.29 bits per heavy atom. The van der Waals surface area contributed by atoms with Gasteiger partial charge in [-0.25, -0.2) is 4.98 Å². The molecule has 0 aromatic carbocycles. The molecule has 0 spiro atoms. The summed E-state index contributed by atoms with van der Waals surface area (Å²) in [5.41, 5.74) is 6.54. The van der Waals surface area contributed by atoms with Crippen LogP contribution < -0.4 is 11.1 Å². The molecule has 1 saturated carbocycles. The summed E-state index contributed by atoms with van der Waals surface area (Å²) in [6.45, 7) is 0.707. The Balaban J connectivity index is 1.69. The third-order valence-corrected chi connectivity index (χ3v) is 3.65. The minimum atomic E-state index is 0.0683. The normalized spacial score (nSPS) is 14.9. The number of aromatic nitrogens is 1. The van der Waals surface area contributed by atoms with Crippen molar-refractivity contribution in [2.75, 3.05) is 11.9 Å². The number of thiazole rings is 1. The summed E-state index contributed by atoms with van der Waals surface area (Å²) >= 11 is 1.53. The quantitative estimate of drug-likeness (QED) is 0.733. The molecule has 17 heavy (non-hydrogen) atoms. The zero-order valence-electron chi connectivity index (χ0n) is 9.95. The van der Waals surface area contributed by atoms with Crippen LogP contribution >= 0.6 is 11.3 Å². The molecule has 0 unspecified atom stereocenters. The van der Waals surface area contributed by atoms with E-state index in [1.165, 1.54) is 24.2 Å². The lowest BCUT2D eigenvalue weighted by atomic mass is 10.2. The fraction of sp³-hybridized carbons (Fsp3) is 0.667. The van der Waals surface area contributed by atoms with Crippen molar-refractivity contribution in [1.82, 2.24) is 4.98 Å². The van der Waals surface area contributed by atoms with Gasteiger partial charge in [-0.05, 0) is 32.2 Å². The number of nitrogens with two attached hydrogens (primary N) is 1. The van der Waals surface area contributed by atoms with Crippen molar-refractivity contribution in [1.29, 1.82) is 0 Å². The number of hydrogen-bond acceptors (Lipinski definition) is 4. The fourth-order valence-electron chi connectivity index (χ4n) is 1.70. The van der Waals surface area contributed by atoms with Gasteiger partial charge in [0.2, 0.25) is 5.91 Å². The lowest BCUT2D eigenvalue weighted by molar-refractivity contribution is -0.116. The summed E-state index contributed by atoms with van der Waals surface area (Å²) in [4.78, 5) is 16.0. The van der Waals surface area contributed by atoms with Gasteiger partial charge in [-0.3, -0.25) is 4.79 Å². The number of rotatable bonds is 7. The van der Waals surface area contributed by atoms with E-state index in [1.54, 1.807) is 0 Å². The third-order valence-electron chi connectivity index (χ3n) is 2.87. The van der Waals surface area contributed by atoms with E-state index in [2.05, 4.69) is 15.7 Å². The summed E-state index contributed by atoms with van der Waals surface area (Å²) in [5, 5.41) is 5.66. The Morgan fingerprint density at radius 1 is 1.47 bits per heavy atom. The standard InChI is InChI=1S/C12H19N3OS/c13-7-3-1-2-4-11(16)15-12-14-10(8-17-12)9-5-6-9/h8-9H,1-7,13H2,(H,14,15,16). The molecule has 1 aromatic heterocycles. The van der Waals surface area contributed by atoms with Crippen molar-refractivity contribution in [2.24, 2.45) is 5.73 Å². The van der Waals surface area contributed by atoms with E-state index in [4.69, 9.17) is 5.73 Å². The summed E-state index contributed by atoms with van der Waals surface area (Å²) in [6, 6.07) is 0. The molecule has 0 aliphatic heterocycles. The van der Waals surface area contributed by atoms with Gasteiger partial charge in [0.25, 0.3) is 0 Å². The highest BCUT2D eigenvalue weighted by molar-refractivity contribution is 7.13. The van der Waals surface area contributed by atoms with Crippen LogP contribution in [-0.4, -0.2) is 17.4 Å². The molecule has 1 aromatic rings. The third kappa shape index (κ3) is 4.09. The number of anilines is 1. The van der Waals surface area contributed by atoms with Crippen molar-refractivity contribution in [3.8, 4) is 0 Å². The van der Waals surface area contributed by atoms with Gasteiger partial charge in [0.15, 0.2) is 5.13 Å². The van der Waals surface area contributed by atoms with Crippen LogP contribution in [0.4, 0.5) is 5.13 Å². The molecule has 1 aliphatic rings. The molecule has 0 atom stereocenters. The van der Waals surface area contributed by atoms with Crippen molar-refractivity contribution in [3.63, 3.8) is 0 Å². The Hall–Kier alpha value is -0.940. The van der Waals surface area contributed by atoms with E-state index in [9.17, 15) is 4.79 Å². The number of hydrogen-bond donors (Lipinski definition) is 2. The number of carbonyl (C=O) groups is 1. The molecule has 4 nitrogen and oxygen atoms in total. The maximum Gasteiger partial charge on any atom is 0.226 e. The van der Waals surface area contributed by atoms with Crippen molar-refractivity contribution in [3.05, 3.63) is 11.1 Å². The molecule has 2 rings (SSSR count). The molecule has 0 radical (unpaired) electrons. The number of nitrogens with one attached hydrogen (secondary N) is 1. The minimum Gasteiger partial charge on any atom is -0.330 e. The highest BCUT2D eigenvalue weighted by atomic mass is 32.1. The molecular weight excluding hydrogens is 234 g/mol. The molecule has 3 N–H and O–H groups in total. The summed E-state index contributed by atoms with van der Waals surface area (Å²) < 4.78 is 0. The second-order valence-corrected chi connectivity index (χ2v) is 5.36. The van der Waals surface area contributed by atoms with Crippen LogP contribution in [0, 0.1) is 0 Å². The summed E-state index contributed by atoms with van der Waals surface area (Å²) in [7, 11) is 0. The second kappa shape index (κ2) is 6.12. The first-order valence-electron chi connectivity index (χ1n) is 6.25. The van der Waals surface area contributed by atoms with Gasteiger partial charge in [0.05, 0.1) is 5.69 Å². The van der Waals surface area contributed by atoms with Crippen LogP contribution in [0.3, 0.4) is 0 Å². The lowest BCUT2D eigenvalue weighted by Gasteiger charge is -2.01. The highest BCUT2D eigenvalue weighted by Crippen LogP contribution is 2.40. The molecule has 0 saturated heterocycles. The smallest absolute Gasteiger partial charge is 0.226 e. The fourth-order valence-corrected chi connectivity index (χ4v) is 2.51. The topological polar surface area (TPSA) is 68.0 Å². The van der Waals surface area contributed by atoms with E-state index in [0.29, 0.717) is 18.9 Å². The first kappa shape index (κ1) is 12.5. The van der Waals surface area contributed by atoms with Gasteiger partial charge >= 0.3 is 0 Å². The predicted molar refractivity (Wildman–Crippen MR) is 70.2 cm³/mol. The first-order valence-corrected chi connectivity index (χ1v) is 7.13. The number of unbranched alkanes of at least 4 members (excludes halogenated alkanes) is 2. The van der Waals surface area contributed by atoms with E-state index in [1.807, 2.05) is 0 Å². The molecule has 1 heterocycles. The largest absolute Gasteiger partial charge is 0.330 e. The number of nitrogens with zero attached hydrogens (tertiary/aromatic N) is 1. The van der Waals surface area contributed by atoms with Crippen LogP contribution in [-0.2, 0) is 4.79 Å².